The van der Waals surface area contributed by atoms with Gasteiger partial charge in [0.2, 0.25) is 0 Å². The molecule has 1 unspecified atom stereocenters. The molecule has 2 heterocycles. The summed E-state index contributed by atoms with van der Waals surface area (Å²) in [7, 11) is 1.61. The molecule has 35 heavy (non-hydrogen) atoms. The number of carbonyl (C=O) groups excluding carboxylic acids is 2. The van der Waals surface area contributed by atoms with Gasteiger partial charge in [0, 0.05) is 29.4 Å². The van der Waals surface area contributed by atoms with Gasteiger partial charge in [-0.3, -0.25) is 19.8 Å². The van der Waals surface area contributed by atoms with Crippen LogP contribution in [0, 0.1) is 13.8 Å². The first-order valence-corrected chi connectivity index (χ1v) is 12.4. The molecule has 2 amide bonds. The summed E-state index contributed by atoms with van der Waals surface area (Å²) in [6.45, 7) is 13.7. The molecule has 7 heteroatoms. The van der Waals surface area contributed by atoms with Gasteiger partial charge in [-0.15, -0.1) is 0 Å². The topological polar surface area (TPSA) is 61.9 Å². The molecule has 4 rings (SSSR count). The Morgan fingerprint density at radius 3 is 2.57 bits per heavy atom. The third-order valence-corrected chi connectivity index (χ3v) is 7.56. The lowest BCUT2D eigenvalue weighted by Gasteiger charge is -2.47. The van der Waals surface area contributed by atoms with E-state index in [-0.39, 0.29) is 16.2 Å². The molecular formula is C28H33N3O3S. The second kappa shape index (κ2) is 9.11. The molecule has 2 aliphatic heterocycles. The minimum Gasteiger partial charge on any atom is -0.496 e. The number of fused-ring (bicyclic) bond motifs is 1. The van der Waals surface area contributed by atoms with Gasteiger partial charge in [-0.2, -0.15) is 0 Å². The molecule has 2 aromatic carbocycles. The second-order valence-corrected chi connectivity index (χ2v) is 10.4. The molecule has 0 saturated carbocycles. The summed E-state index contributed by atoms with van der Waals surface area (Å²) in [5.41, 5.74) is 5.69. The highest BCUT2D eigenvalue weighted by Crippen LogP contribution is 2.46. The number of ether oxygens (including phenoxy) is 1. The number of thiocarbonyl (C=S) groups is 1. The number of anilines is 2. The zero-order valence-corrected chi connectivity index (χ0v) is 22.3. The number of nitrogens with one attached hydrogen (secondary N) is 1. The van der Waals surface area contributed by atoms with Gasteiger partial charge < -0.3 is 9.64 Å². The first kappa shape index (κ1) is 24.9. The van der Waals surface area contributed by atoms with Gasteiger partial charge in [0.05, 0.1) is 12.8 Å². The van der Waals surface area contributed by atoms with Crippen LogP contribution in [0.2, 0.25) is 0 Å². The highest BCUT2D eigenvalue weighted by molar-refractivity contribution is 7.80. The number of methoxy groups -OCH3 is 1. The molecule has 0 aromatic heterocycles. The molecule has 184 valence electrons. The van der Waals surface area contributed by atoms with Gasteiger partial charge in [-0.25, -0.2) is 0 Å². The van der Waals surface area contributed by atoms with Crippen molar-refractivity contribution in [2.45, 2.75) is 59.4 Å². The third kappa shape index (κ3) is 4.22. The Morgan fingerprint density at radius 2 is 1.91 bits per heavy atom. The second-order valence-electron chi connectivity index (χ2n) is 9.99. The van der Waals surface area contributed by atoms with Crippen LogP contribution in [0.5, 0.6) is 5.75 Å². The lowest BCUT2D eigenvalue weighted by atomic mass is 9.79. The summed E-state index contributed by atoms with van der Waals surface area (Å²) in [6.07, 6.45) is 2.63. The van der Waals surface area contributed by atoms with Crippen LogP contribution in [-0.4, -0.2) is 36.1 Å². The highest BCUT2D eigenvalue weighted by atomic mass is 32.1. The number of aryl methyl sites for hydroxylation is 1. The largest absolute Gasteiger partial charge is 0.496 e. The Hall–Kier alpha value is -3.19. The molecular weight excluding hydrogens is 458 g/mol. The van der Waals surface area contributed by atoms with Crippen molar-refractivity contribution in [3.05, 3.63) is 58.2 Å². The zero-order valence-electron chi connectivity index (χ0n) is 21.5. The van der Waals surface area contributed by atoms with Gasteiger partial charge in [0.1, 0.15) is 11.3 Å². The molecule has 1 saturated heterocycles. The number of hydrogen-bond donors (Lipinski definition) is 1. The average Bonchev–Trinajstić information content (AvgIpc) is 2.78. The lowest BCUT2D eigenvalue weighted by molar-refractivity contribution is -0.122. The minimum atomic E-state index is -0.509. The average molecular weight is 492 g/mol. The molecule has 2 aliphatic rings. The van der Waals surface area contributed by atoms with E-state index in [2.05, 4.69) is 44.0 Å². The van der Waals surface area contributed by atoms with E-state index in [0.717, 1.165) is 29.8 Å². The number of amides is 2. The quantitative estimate of drug-likeness (QED) is 0.359. The van der Waals surface area contributed by atoms with E-state index in [1.165, 1.54) is 10.5 Å². The maximum absolute atomic E-state index is 13.6. The molecule has 1 N–H and O–H groups in total. The van der Waals surface area contributed by atoms with Crippen LogP contribution in [0.15, 0.2) is 35.9 Å². The van der Waals surface area contributed by atoms with Crippen LogP contribution in [-0.2, 0) is 9.59 Å². The molecule has 1 atom stereocenters. The summed E-state index contributed by atoms with van der Waals surface area (Å²) in [4.78, 5) is 30.3. The van der Waals surface area contributed by atoms with Crippen molar-refractivity contribution < 1.29 is 14.3 Å². The monoisotopic (exact) mass is 491 g/mol. The maximum atomic E-state index is 13.6. The van der Waals surface area contributed by atoms with Crippen molar-refractivity contribution >= 4 is 46.6 Å². The van der Waals surface area contributed by atoms with Crippen molar-refractivity contribution in [1.29, 1.82) is 0 Å². The summed E-state index contributed by atoms with van der Waals surface area (Å²) in [6, 6.07) is 9.78. The third-order valence-electron chi connectivity index (χ3n) is 7.27. The van der Waals surface area contributed by atoms with Crippen LogP contribution in [0.1, 0.15) is 62.3 Å². The van der Waals surface area contributed by atoms with Crippen molar-refractivity contribution in [2.24, 2.45) is 0 Å². The minimum absolute atomic E-state index is 0.0211. The molecule has 0 spiro atoms. The number of hydrogen-bond acceptors (Lipinski definition) is 5. The highest BCUT2D eigenvalue weighted by Gasteiger charge is 2.38. The normalized spacial score (nSPS) is 20.7. The van der Waals surface area contributed by atoms with Gasteiger partial charge in [0.15, 0.2) is 5.11 Å². The fourth-order valence-corrected chi connectivity index (χ4v) is 5.70. The predicted molar refractivity (Wildman–Crippen MR) is 145 cm³/mol. The Morgan fingerprint density at radius 1 is 1.20 bits per heavy atom. The molecule has 0 aliphatic carbocycles. The molecule has 0 bridgehead atoms. The summed E-state index contributed by atoms with van der Waals surface area (Å²) in [5.74, 6) is -0.0188. The van der Waals surface area contributed by atoms with E-state index in [0.29, 0.717) is 22.9 Å². The van der Waals surface area contributed by atoms with Crippen molar-refractivity contribution in [1.82, 2.24) is 5.32 Å². The van der Waals surface area contributed by atoms with E-state index < -0.39 is 11.8 Å². The van der Waals surface area contributed by atoms with Crippen molar-refractivity contribution in [2.75, 3.05) is 23.5 Å². The smallest absolute Gasteiger partial charge is 0.270 e. The summed E-state index contributed by atoms with van der Waals surface area (Å²) in [5, 5.41) is 2.77. The summed E-state index contributed by atoms with van der Waals surface area (Å²) >= 11 is 5.39. The van der Waals surface area contributed by atoms with Crippen molar-refractivity contribution in [3.8, 4) is 5.75 Å². The SMILES string of the molecule is CCN1c2cc(OC)c(/C=C3/C(=O)NC(=S)N(c4cccc(C)c4C)C3=O)cc2C(C)CC1(C)C. The van der Waals surface area contributed by atoms with Crippen LogP contribution >= 0.6 is 12.2 Å². The fourth-order valence-electron chi connectivity index (χ4n) is 5.42. The first-order valence-electron chi connectivity index (χ1n) is 12.0. The number of rotatable bonds is 4. The van der Waals surface area contributed by atoms with Gasteiger partial charge in [0.25, 0.3) is 11.8 Å². The molecule has 1 fully saturated rings. The van der Waals surface area contributed by atoms with E-state index in [4.69, 9.17) is 17.0 Å². The first-order chi connectivity index (χ1) is 16.5. The van der Waals surface area contributed by atoms with E-state index >= 15 is 0 Å². The van der Waals surface area contributed by atoms with Gasteiger partial charge >= 0.3 is 0 Å². The van der Waals surface area contributed by atoms with Crippen molar-refractivity contribution in [3.63, 3.8) is 0 Å². The zero-order chi connectivity index (χ0) is 25.7. The van der Waals surface area contributed by atoms with Gasteiger partial charge in [-0.1, -0.05) is 19.1 Å². The number of benzene rings is 2. The summed E-state index contributed by atoms with van der Waals surface area (Å²) < 4.78 is 5.73. The Kier molecular flexibility index (Phi) is 6.49. The van der Waals surface area contributed by atoms with E-state index in [1.54, 1.807) is 13.2 Å². The number of nitrogens with zero attached hydrogens (tertiary/aromatic N) is 2. The Labute approximate surface area is 212 Å². The van der Waals surface area contributed by atoms with Crippen LogP contribution in [0.25, 0.3) is 6.08 Å². The van der Waals surface area contributed by atoms with E-state index in [9.17, 15) is 9.59 Å². The standard InChI is InChI=1S/C28H33N3O3S/c1-8-30-23-14-24(34-7)19(12-20(23)17(3)15-28(30,5)6)13-21-25(32)29-27(35)31(26(21)33)22-11-9-10-16(2)18(22)4/h9-14,17H,8,15H2,1-7H3,(H,29,32,35)/b21-13-. The van der Waals surface area contributed by atoms with Crippen LogP contribution in [0.3, 0.4) is 0 Å². The molecule has 2 aromatic rings. The Balaban J connectivity index is 1.83. The predicted octanol–water partition coefficient (Wildman–Crippen LogP) is 5.26. The number of carbonyl (C=O) groups is 2. The Bertz CT molecular complexity index is 1260. The lowest BCUT2D eigenvalue weighted by Crippen LogP contribution is -2.54. The maximum Gasteiger partial charge on any atom is 0.270 e. The van der Waals surface area contributed by atoms with Crippen LogP contribution in [0.4, 0.5) is 11.4 Å². The van der Waals surface area contributed by atoms with E-state index in [1.807, 2.05) is 38.1 Å². The fraction of sp³-hybridized carbons (Fsp3) is 0.393. The molecule has 0 radical (unpaired) electrons. The van der Waals surface area contributed by atoms with Crippen LogP contribution < -0.4 is 19.9 Å². The van der Waals surface area contributed by atoms with Gasteiger partial charge in [-0.05, 0) is 94.1 Å². The molecule has 6 nitrogen and oxygen atoms in total.